The Kier molecular flexibility index (Phi) is 13.5. The molecule has 0 bridgehead atoms. The summed E-state index contributed by atoms with van der Waals surface area (Å²) in [6.07, 6.45) is 4.24. The van der Waals surface area contributed by atoms with Crippen molar-refractivity contribution in [3.63, 3.8) is 0 Å². The van der Waals surface area contributed by atoms with Crippen LogP contribution in [0.3, 0.4) is 0 Å². The number of benzene rings is 2. The van der Waals surface area contributed by atoms with Gasteiger partial charge in [0.05, 0.1) is 10.7 Å². The van der Waals surface area contributed by atoms with Gasteiger partial charge in [-0.2, -0.15) is 11.8 Å². The Labute approximate surface area is 255 Å². The molecule has 0 aliphatic carbocycles. The van der Waals surface area contributed by atoms with Gasteiger partial charge in [-0.3, -0.25) is 9.59 Å². The van der Waals surface area contributed by atoms with Crippen molar-refractivity contribution in [2.75, 3.05) is 23.9 Å². The second-order valence-electron chi connectivity index (χ2n) is 11.4. The Morgan fingerprint density at radius 3 is 2.32 bits per heavy atom. The molecule has 0 heterocycles. The van der Waals surface area contributed by atoms with Gasteiger partial charge in [0.2, 0.25) is 5.91 Å². The first-order valence-electron chi connectivity index (χ1n) is 14.2. The quantitative estimate of drug-likeness (QED) is 0.230. The van der Waals surface area contributed by atoms with Gasteiger partial charge in [-0.25, -0.2) is 4.79 Å². The zero-order valence-corrected chi connectivity index (χ0v) is 27.3. The average molecular weight is 604 g/mol. The molecule has 0 aromatic heterocycles. The van der Waals surface area contributed by atoms with Crippen LogP contribution in [0, 0.1) is 20.8 Å². The minimum absolute atomic E-state index is 0.324. The van der Waals surface area contributed by atoms with Crippen molar-refractivity contribution >= 4 is 47.0 Å². The second-order valence-corrected chi connectivity index (χ2v) is 12.8. The van der Waals surface area contributed by atoms with Gasteiger partial charge in [0, 0.05) is 6.54 Å². The highest BCUT2D eigenvalue weighted by atomic mass is 35.5. The van der Waals surface area contributed by atoms with Crippen LogP contribution in [-0.2, 0) is 14.3 Å². The molecule has 2 N–H and O–H groups in total. The molecule has 3 amide bonds. The van der Waals surface area contributed by atoms with Gasteiger partial charge in [0.1, 0.15) is 17.7 Å². The standard InChI is InChI=1S/C32H46ClN3O4S/c1-9-10-11-18-36(30(38)26(17-19-41-8)34-31(39)40-32(5,6)7)28(24-16-15-21(2)23(4)20-24)29(37)35-27-22(3)13-12-14-25(27)33/h12-16,20,26,28H,9-11,17-19H2,1-8H3,(H,34,39)(H,35,37). The minimum atomic E-state index is -0.938. The first kappa shape index (κ1) is 34.5. The number of alkyl carbamates (subject to hydrolysis) is 1. The van der Waals surface area contributed by atoms with E-state index in [1.807, 2.05) is 57.4 Å². The smallest absolute Gasteiger partial charge is 0.408 e. The summed E-state index contributed by atoms with van der Waals surface area (Å²) in [7, 11) is 0. The Bertz CT molecular complexity index is 1180. The lowest BCUT2D eigenvalue weighted by Gasteiger charge is -2.35. The van der Waals surface area contributed by atoms with E-state index in [4.69, 9.17) is 16.3 Å². The van der Waals surface area contributed by atoms with Crippen molar-refractivity contribution in [1.29, 1.82) is 0 Å². The van der Waals surface area contributed by atoms with Gasteiger partial charge in [-0.05, 0) is 94.7 Å². The van der Waals surface area contributed by atoms with E-state index in [9.17, 15) is 14.4 Å². The van der Waals surface area contributed by atoms with E-state index in [0.717, 1.165) is 29.5 Å². The molecule has 0 aliphatic heterocycles. The molecule has 2 rings (SSSR count). The predicted molar refractivity (Wildman–Crippen MR) is 171 cm³/mol. The first-order chi connectivity index (χ1) is 19.3. The normalized spacial score (nSPS) is 12.8. The van der Waals surface area contributed by atoms with Crippen LogP contribution < -0.4 is 10.6 Å². The highest BCUT2D eigenvalue weighted by molar-refractivity contribution is 7.98. The Hall–Kier alpha value is -2.71. The van der Waals surface area contributed by atoms with Gasteiger partial charge in [0.15, 0.2) is 0 Å². The van der Waals surface area contributed by atoms with Crippen LogP contribution in [0.25, 0.3) is 0 Å². The number of rotatable bonds is 13. The summed E-state index contributed by atoms with van der Waals surface area (Å²) < 4.78 is 5.48. The fourth-order valence-electron chi connectivity index (χ4n) is 4.43. The molecule has 2 aromatic rings. The van der Waals surface area contributed by atoms with E-state index in [0.29, 0.717) is 41.4 Å². The molecule has 0 saturated heterocycles. The lowest BCUT2D eigenvalue weighted by atomic mass is 9.97. The largest absolute Gasteiger partial charge is 0.444 e. The molecule has 0 radical (unpaired) electrons. The minimum Gasteiger partial charge on any atom is -0.444 e. The molecule has 2 unspecified atom stereocenters. The average Bonchev–Trinajstić information content (AvgIpc) is 2.88. The van der Waals surface area contributed by atoms with Crippen molar-refractivity contribution in [2.24, 2.45) is 0 Å². The van der Waals surface area contributed by atoms with Crippen molar-refractivity contribution < 1.29 is 19.1 Å². The maximum absolute atomic E-state index is 14.3. The Balaban J connectivity index is 2.60. The van der Waals surface area contributed by atoms with E-state index in [-0.39, 0.29) is 11.8 Å². The number of thioether (sulfide) groups is 1. The highest BCUT2D eigenvalue weighted by Crippen LogP contribution is 2.30. The van der Waals surface area contributed by atoms with Crippen LogP contribution in [-0.4, -0.2) is 53.0 Å². The molecule has 7 nitrogen and oxygen atoms in total. The number of unbranched alkanes of at least 4 members (excludes halogenated alkanes) is 2. The van der Waals surface area contributed by atoms with Gasteiger partial charge >= 0.3 is 6.09 Å². The van der Waals surface area contributed by atoms with Crippen molar-refractivity contribution in [1.82, 2.24) is 10.2 Å². The number of carbonyl (C=O) groups is 3. The van der Waals surface area contributed by atoms with Gasteiger partial charge in [-0.15, -0.1) is 0 Å². The summed E-state index contributed by atoms with van der Waals surface area (Å²) in [6, 6.07) is 9.44. The van der Waals surface area contributed by atoms with E-state index in [2.05, 4.69) is 17.6 Å². The van der Waals surface area contributed by atoms with Gasteiger partial charge in [0.25, 0.3) is 5.91 Å². The van der Waals surface area contributed by atoms with E-state index in [1.54, 1.807) is 43.5 Å². The van der Waals surface area contributed by atoms with E-state index in [1.165, 1.54) is 0 Å². The number of nitrogens with zero attached hydrogens (tertiary/aromatic N) is 1. The number of hydrogen-bond acceptors (Lipinski definition) is 5. The molecular formula is C32H46ClN3O4S. The summed E-state index contributed by atoms with van der Waals surface area (Å²) in [5.41, 5.74) is 3.41. The summed E-state index contributed by atoms with van der Waals surface area (Å²) in [5.74, 6) is -0.0422. The molecular weight excluding hydrogens is 558 g/mol. The molecule has 0 saturated carbocycles. The summed E-state index contributed by atoms with van der Waals surface area (Å²) in [4.78, 5) is 42.9. The number of para-hydroxylation sites is 1. The molecule has 0 spiro atoms. The van der Waals surface area contributed by atoms with E-state index < -0.39 is 23.8 Å². The lowest BCUT2D eigenvalue weighted by molar-refractivity contribution is -0.141. The predicted octanol–water partition coefficient (Wildman–Crippen LogP) is 7.61. The molecule has 226 valence electrons. The van der Waals surface area contributed by atoms with Crippen molar-refractivity contribution in [3.8, 4) is 0 Å². The van der Waals surface area contributed by atoms with Crippen molar-refractivity contribution in [3.05, 3.63) is 63.7 Å². The van der Waals surface area contributed by atoms with Crippen LogP contribution in [0.4, 0.5) is 10.5 Å². The van der Waals surface area contributed by atoms with Gasteiger partial charge < -0.3 is 20.3 Å². The van der Waals surface area contributed by atoms with Gasteiger partial charge in [-0.1, -0.05) is 61.7 Å². The second kappa shape index (κ2) is 16.1. The lowest BCUT2D eigenvalue weighted by Crippen LogP contribution is -2.52. The fraction of sp³-hybridized carbons (Fsp3) is 0.531. The number of ether oxygens (including phenoxy) is 1. The van der Waals surface area contributed by atoms with Crippen LogP contribution in [0.1, 0.15) is 81.7 Å². The molecule has 0 fully saturated rings. The fourth-order valence-corrected chi connectivity index (χ4v) is 5.17. The SMILES string of the molecule is CCCCCN(C(=O)C(CCSC)NC(=O)OC(C)(C)C)C(C(=O)Nc1c(C)cccc1Cl)c1ccc(C)c(C)c1. The number of aryl methyl sites for hydroxylation is 3. The van der Waals surface area contributed by atoms with E-state index >= 15 is 0 Å². The first-order valence-corrected chi connectivity index (χ1v) is 16.0. The number of hydrogen-bond donors (Lipinski definition) is 2. The van der Waals surface area contributed by atoms with Crippen LogP contribution >= 0.6 is 23.4 Å². The number of carbonyl (C=O) groups excluding carboxylic acids is 3. The number of nitrogens with one attached hydrogen (secondary N) is 2. The Morgan fingerprint density at radius 2 is 1.73 bits per heavy atom. The van der Waals surface area contributed by atoms with Crippen LogP contribution in [0.15, 0.2) is 36.4 Å². The molecule has 2 atom stereocenters. The third kappa shape index (κ3) is 10.6. The Morgan fingerprint density at radius 1 is 1.02 bits per heavy atom. The molecule has 0 aliphatic rings. The molecule has 9 heteroatoms. The number of anilines is 1. The zero-order valence-electron chi connectivity index (χ0n) is 25.7. The number of amides is 3. The monoisotopic (exact) mass is 603 g/mol. The third-order valence-electron chi connectivity index (χ3n) is 6.76. The number of halogens is 1. The van der Waals surface area contributed by atoms with Crippen LogP contribution in [0.2, 0.25) is 5.02 Å². The van der Waals surface area contributed by atoms with Crippen molar-refractivity contribution in [2.45, 2.75) is 91.8 Å². The highest BCUT2D eigenvalue weighted by Gasteiger charge is 2.36. The summed E-state index contributed by atoms with van der Waals surface area (Å²) in [5, 5.41) is 6.23. The molecule has 2 aromatic carbocycles. The molecule has 41 heavy (non-hydrogen) atoms. The summed E-state index contributed by atoms with van der Waals surface area (Å²) in [6.45, 7) is 13.6. The maximum atomic E-state index is 14.3. The maximum Gasteiger partial charge on any atom is 0.408 e. The third-order valence-corrected chi connectivity index (χ3v) is 7.72. The topological polar surface area (TPSA) is 87.7 Å². The zero-order chi connectivity index (χ0) is 30.7. The van der Waals surface area contributed by atoms with Crippen LogP contribution in [0.5, 0.6) is 0 Å². The summed E-state index contributed by atoms with van der Waals surface area (Å²) >= 11 is 8.06.